The lowest BCUT2D eigenvalue weighted by atomic mass is 9.82. The van der Waals surface area contributed by atoms with Crippen LogP contribution < -0.4 is 0 Å². The molecule has 4 heteroatoms. The number of hydrogen-bond donors (Lipinski definition) is 0. The van der Waals surface area contributed by atoms with E-state index in [1.807, 2.05) is 38.2 Å². The highest BCUT2D eigenvalue weighted by molar-refractivity contribution is 9.10. The summed E-state index contributed by atoms with van der Waals surface area (Å²) in [6, 6.07) is 7.87. The highest BCUT2D eigenvalue weighted by Crippen LogP contribution is 2.28. The van der Waals surface area contributed by atoms with Crippen LogP contribution in [0, 0.1) is 6.92 Å². The van der Waals surface area contributed by atoms with Gasteiger partial charge < -0.3 is 0 Å². The van der Waals surface area contributed by atoms with Gasteiger partial charge in [0.2, 0.25) is 0 Å². The molecule has 0 radical (unpaired) electrons. The maximum absolute atomic E-state index is 12.7. The average molecular weight is 349 g/mol. The topological polar surface area (TPSA) is 34.9 Å². The van der Waals surface area contributed by atoms with Gasteiger partial charge in [-0.2, -0.15) is 5.10 Å². The van der Waals surface area contributed by atoms with Crippen LogP contribution >= 0.6 is 15.9 Å². The lowest BCUT2D eigenvalue weighted by Gasteiger charge is -2.22. The molecule has 2 aromatic rings. The highest BCUT2D eigenvalue weighted by Gasteiger charge is 2.23. The molecule has 21 heavy (non-hydrogen) atoms. The molecule has 0 fully saturated rings. The summed E-state index contributed by atoms with van der Waals surface area (Å²) >= 11 is 3.52. The second-order valence-electron chi connectivity index (χ2n) is 6.37. The molecule has 0 saturated heterocycles. The molecular weight excluding hydrogens is 328 g/mol. The number of ketones is 1. The van der Waals surface area contributed by atoms with Crippen LogP contribution in [-0.4, -0.2) is 15.6 Å². The third-order valence-electron chi connectivity index (χ3n) is 3.63. The Kier molecular flexibility index (Phi) is 4.38. The molecule has 0 aliphatic carbocycles. The van der Waals surface area contributed by atoms with Crippen molar-refractivity contribution in [3.8, 4) is 0 Å². The molecule has 1 heterocycles. The summed E-state index contributed by atoms with van der Waals surface area (Å²) in [6.07, 6.45) is 0.352. The molecule has 2 rings (SSSR count). The number of benzene rings is 1. The van der Waals surface area contributed by atoms with Crippen molar-refractivity contribution in [3.05, 3.63) is 51.3 Å². The Morgan fingerprint density at radius 2 is 1.90 bits per heavy atom. The Bertz CT molecular complexity index is 681. The lowest BCUT2D eigenvalue weighted by Crippen LogP contribution is -2.18. The van der Waals surface area contributed by atoms with E-state index in [0.29, 0.717) is 6.42 Å². The summed E-state index contributed by atoms with van der Waals surface area (Å²) in [6.45, 7) is 8.32. The molecule has 0 atom stereocenters. The van der Waals surface area contributed by atoms with E-state index in [1.54, 1.807) is 4.68 Å². The quantitative estimate of drug-likeness (QED) is 0.778. The van der Waals surface area contributed by atoms with Gasteiger partial charge in [0.25, 0.3) is 0 Å². The molecule has 0 aliphatic heterocycles. The maximum Gasteiger partial charge on any atom is 0.169 e. The fourth-order valence-corrected chi connectivity index (χ4v) is 2.98. The van der Waals surface area contributed by atoms with Gasteiger partial charge in [-0.05, 0) is 33.8 Å². The van der Waals surface area contributed by atoms with E-state index in [1.165, 1.54) is 0 Å². The van der Waals surface area contributed by atoms with Crippen LogP contribution in [0.25, 0.3) is 0 Å². The monoisotopic (exact) mass is 348 g/mol. The Morgan fingerprint density at radius 1 is 1.29 bits per heavy atom. The number of carbonyl (C=O) groups excluding carboxylic acids is 1. The van der Waals surface area contributed by atoms with Crippen molar-refractivity contribution in [1.82, 2.24) is 9.78 Å². The summed E-state index contributed by atoms with van der Waals surface area (Å²) in [5.41, 5.74) is 3.66. The molecule has 3 nitrogen and oxygen atoms in total. The molecular formula is C17H21BrN2O. The van der Waals surface area contributed by atoms with E-state index in [-0.39, 0.29) is 11.2 Å². The highest BCUT2D eigenvalue weighted by atomic mass is 79.9. The maximum atomic E-state index is 12.7. The van der Waals surface area contributed by atoms with Gasteiger partial charge in [0.15, 0.2) is 5.78 Å². The number of carbonyl (C=O) groups is 1. The van der Waals surface area contributed by atoms with Crippen molar-refractivity contribution >= 4 is 21.7 Å². The summed E-state index contributed by atoms with van der Waals surface area (Å²) < 4.78 is 2.70. The Morgan fingerprint density at radius 3 is 2.43 bits per heavy atom. The number of Topliss-reactive ketones (excluding diaryl/α,β-unsaturated/α-hetero) is 1. The van der Waals surface area contributed by atoms with Gasteiger partial charge in [-0.15, -0.1) is 0 Å². The molecule has 1 aromatic carbocycles. The van der Waals surface area contributed by atoms with Crippen LogP contribution in [0.2, 0.25) is 0 Å². The molecule has 0 bridgehead atoms. The summed E-state index contributed by atoms with van der Waals surface area (Å²) in [4.78, 5) is 12.7. The third-order valence-corrected chi connectivity index (χ3v) is 4.66. The predicted octanol–water partition coefficient (Wildman–Crippen LogP) is 4.21. The van der Waals surface area contributed by atoms with Gasteiger partial charge in [0, 0.05) is 12.6 Å². The van der Waals surface area contributed by atoms with Crippen LogP contribution in [0.4, 0.5) is 0 Å². The third kappa shape index (κ3) is 3.26. The van der Waals surface area contributed by atoms with Gasteiger partial charge in [0.1, 0.15) is 0 Å². The zero-order valence-electron chi connectivity index (χ0n) is 13.2. The number of halogens is 1. The van der Waals surface area contributed by atoms with Gasteiger partial charge in [0.05, 0.1) is 22.3 Å². The van der Waals surface area contributed by atoms with E-state index in [4.69, 9.17) is 0 Å². The van der Waals surface area contributed by atoms with E-state index < -0.39 is 0 Å². The van der Waals surface area contributed by atoms with Gasteiger partial charge >= 0.3 is 0 Å². The van der Waals surface area contributed by atoms with E-state index in [9.17, 15) is 4.79 Å². The molecule has 1 aromatic heterocycles. The van der Waals surface area contributed by atoms with Crippen molar-refractivity contribution in [2.24, 2.45) is 7.05 Å². The fourth-order valence-electron chi connectivity index (χ4n) is 2.50. The minimum atomic E-state index is -0.0497. The fraction of sp³-hybridized carbons (Fsp3) is 0.412. The zero-order valence-corrected chi connectivity index (χ0v) is 14.8. The Balaban J connectivity index is 2.38. The van der Waals surface area contributed by atoms with Gasteiger partial charge in [-0.25, -0.2) is 0 Å². The zero-order chi connectivity index (χ0) is 15.8. The lowest BCUT2D eigenvalue weighted by molar-refractivity contribution is 0.0988. The molecule has 0 unspecified atom stereocenters. The first kappa shape index (κ1) is 16.0. The molecule has 0 N–H and O–H groups in total. The number of aryl methyl sites for hydroxylation is 2. The molecule has 112 valence electrons. The first-order valence-corrected chi connectivity index (χ1v) is 7.81. The summed E-state index contributed by atoms with van der Waals surface area (Å²) in [5.74, 6) is 0.129. The predicted molar refractivity (Wildman–Crippen MR) is 88.8 cm³/mol. The molecule has 0 aliphatic rings. The number of nitrogens with zero attached hydrogens (tertiary/aromatic N) is 2. The Labute approximate surface area is 134 Å². The van der Waals surface area contributed by atoms with E-state index >= 15 is 0 Å². The smallest absolute Gasteiger partial charge is 0.169 e. The first-order chi connectivity index (χ1) is 9.71. The summed E-state index contributed by atoms with van der Waals surface area (Å²) in [5, 5.41) is 4.35. The van der Waals surface area contributed by atoms with E-state index in [0.717, 1.165) is 27.0 Å². The van der Waals surface area contributed by atoms with Crippen molar-refractivity contribution in [3.63, 3.8) is 0 Å². The minimum absolute atomic E-state index is 0.0497. The normalized spacial score (nSPS) is 11.7. The minimum Gasteiger partial charge on any atom is -0.294 e. The largest absolute Gasteiger partial charge is 0.294 e. The number of aromatic nitrogens is 2. The average Bonchev–Trinajstić information content (AvgIpc) is 2.64. The molecule has 0 amide bonds. The second-order valence-corrected chi connectivity index (χ2v) is 7.16. The van der Waals surface area contributed by atoms with Crippen molar-refractivity contribution in [2.75, 3.05) is 0 Å². The van der Waals surface area contributed by atoms with Crippen molar-refractivity contribution < 1.29 is 4.79 Å². The summed E-state index contributed by atoms with van der Waals surface area (Å²) in [7, 11) is 1.87. The first-order valence-electron chi connectivity index (χ1n) is 7.02. The van der Waals surface area contributed by atoms with Crippen LogP contribution in [-0.2, 0) is 18.9 Å². The van der Waals surface area contributed by atoms with E-state index in [2.05, 4.69) is 41.8 Å². The number of hydrogen-bond acceptors (Lipinski definition) is 2. The standard InChI is InChI=1S/C17H21BrN2O/c1-11-16(18)14(20(5)19-11)10-15(21)12-8-6-7-9-13(12)17(2,3)4/h6-9H,10H2,1-5H3. The molecule has 0 spiro atoms. The van der Waals surface area contributed by atoms with Crippen LogP contribution in [0.1, 0.15) is 48.1 Å². The number of rotatable bonds is 3. The van der Waals surface area contributed by atoms with Crippen molar-refractivity contribution in [1.29, 1.82) is 0 Å². The van der Waals surface area contributed by atoms with Crippen LogP contribution in [0.5, 0.6) is 0 Å². The second kappa shape index (κ2) is 5.76. The SMILES string of the molecule is Cc1nn(C)c(CC(=O)c2ccccc2C(C)(C)C)c1Br. The van der Waals surface area contributed by atoms with Crippen LogP contribution in [0.15, 0.2) is 28.7 Å². The Hall–Kier alpha value is -1.42. The van der Waals surface area contributed by atoms with Crippen molar-refractivity contribution in [2.45, 2.75) is 39.5 Å². The molecule has 0 saturated carbocycles. The van der Waals surface area contributed by atoms with Gasteiger partial charge in [-0.1, -0.05) is 45.0 Å². The van der Waals surface area contributed by atoms with Gasteiger partial charge in [-0.3, -0.25) is 9.48 Å². The van der Waals surface area contributed by atoms with Crippen LogP contribution in [0.3, 0.4) is 0 Å².